The van der Waals surface area contributed by atoms with Gasteiger partial charge in [0.25, 0.3) is 0 Å². The summed E-state index contributed by atoms with van der Waals surface area (Å²) >= 11 is 0. The van der Waals surface area contributed by atoms with Crippen molar-refractivity contribution in [1.29, 1.82) is 0 Å². The van der Waals surface area contributed by atoms with Crippen LogP contribution in [0.1, 0.15) is 13.8 Å². The summed E-state index contributed by atoms with van der Waals surface area (Å²) < 4.78 is 0. The average Bonchev–Trinajstić information content (AvgIpc) is 2.71. The number of rotatable bonds is 3. The summed E-state index contributed by atoms with van der Waals surface area (Å²) in [7, 11) is 0. The molecule has 0 aliphatic carbocycles. The van der Waals surface area contributed by atoms with Crippen molar-refractivity contribution in [1.82, 2.24) is 40.4 Å². The zero-order valence-corrected chi connectivity index (χ0v) is 7.94. The second-order valence-electron chi connectivity index (χ2n) is 3.50. The fourth-order valence-corrected chi connectivity index (χ4v) is 1.11. The quantitative estimate of drug-likeness (QED) is 0.629. The minimum absolute atomic E-state index is 0.322. The van der Waals surface area contributed by atoms with Crippen molar-refractivity contribution < 1.29 is 0 Å². The molecule has 0 aliphatic heterocycles. The van der Waals surface area contributed by atoms with Gasteiger partial charge < -0.3 is 0 Å². The first-order valence-corrected chi connectivity index (χ1v) is 4.13. The summed E-state index contributed by atoms with van der Waals surface area (Å²) in [5.41, 5.74) is -0.322. The molecule has 2 aromatic heterocycles. The first-order valence-electron chi connectivity index (χ1n) is 4.13. The lowest BCUT2D eigenvalue weighted by atomic mass is 10.1. The van der Waals surface area contributed by atoms with E-state index in [0.29, 0.717) is 6.54 Å². The van der Waals surface area contributed by atoms with Gasteiger partial charge >= 0.3 is 0 Å². The van der Waals surface area contributed by atoms with Gasteiger partial charge in [-0.3, -0.25) is 0 Å². The summed E-state index contributed by atoms with van der Waals surface area (Å²) in [6.07, 6.45) is 2.79. The van der Waals surface area contributed by atoms with Crippen LogP contribution in [-0.2, 0) is 12.1 Å². The molecular formula is C6H10N8. The Kier molecular flexibility index (Phi) is 1.95. The Bertz CT molecular complexity index is 374. The van der Waals surface area contributed by atoms with Crippen LogP contribution < -0.4 is 0 Å². The van der Waals surface area contributed by atoms with Gasteiger partial charge in [-0.2, -0.15) is 9.59 Å². The van der Waals surface area contributed by atoms with Crippen LogP contribution >= 0.6 is 0 Å². The third-order valence-electron chi connectivity index (χ3n) is 1.81. The van der Waals surface area contributed by atoms with Crippen molar-refractivity contribution >= 4 is 0 Å². The molecule has 0 N–H and O–H groups in total. The summed E-state index contributed by atoms with van der Waals surface area (Å²) in [6, 6.07) is 0. The molecule has 74 valence electrons. The zero-order chi connectivity index (χ0) is 10.0. The Morgan fingerprint density at radius 1 is 1.07 bits per heavy atom. The fourth-order valence-electron chi connectivity index (χ4n) is 1.11. The van der Waals surface area contributed by atoms with Gasteiger partial charge in [-0.05, 0) is 24.3 Å². The number of tetrazole rings is 2. The molecule has 2 rings (SSSR count). The average molecular weight is 194 g/mol. The zero-order valence-electron chi connectivity index (χ0n) is 7.94. The molecule has 0 bridgehead atoms. The molecule has 0 unspecified atom stereocenters. The van der Waals surface area contributed by atoms with E-state index >= 15 is 0 Å². The van der Waals surface area contributed by atoms with Crippen LogP contribution in [0.5, 0.6) is 0 Å². The van der Waals surface area contributed by atoms with E-state index in [2.05, 4.69) is 30.8 Å². The Balaban J connectivity index is 2.17. The molecule has 0 atom stereocenters. The molecule has 0 aromatic carbocycles. The van der Waals surface area contributed by atoms with E-state index in [-0.39, 0.29) is 5.54 Å². The Morgan fingerprint density at radius 3 is 2.36 bits per heavy atom. The molecule has 2 heterocycles. The van der Waals surface area contributed by atoms with Gasteiger partial charge in [0.15, 0.2) is 12.7 Å². The maximum absolute atomic E-state index is 3.97. The topological polar surface area (TPSA) is 87.2 Å². The van der Waals surface area contributed by atoms with Gasteiger partial charge in [0, 0.05) is 0 Å². The second-order valence-corrected chi connectivity index (χ2v) is 3.50. The van der Waals surface area contributed by atoms with E-state index in [1.54, 1.807) is 0 Å². The molecular weight excluding hydrogens is 184 g/mol. The minimum Gasteiger partial charge on any atom is -0.162 e. The third kappa shape index (κ3) is 1.58. The van der Waals surface area contributed by atoms with E-state index in [4.69, 9.17) is 0 Å². The lowest BCUT2D eigenvalue weighted by Gasteiger charge is -2.21. The van der Waals surface area contributed by atoms with Crippen molar-refractivity contribution in [2.75, 3.05) is 0 Å². The summed E-state index contributed by atoms with van der Waals surface area (Å²) in [4.78, 5) is 3.01. The van der Waals surface area contributed by atoms with Crippen molar-refractivity contribution in [2.45, 2.75) is 25.9 Å². The maximum Gasteiger partial charge on any atom is 0.162 e. The number of hydrogen-bond donors (Lipinski definition) is 0. The lowest BCUT2D eigenvalue weighted by molar-refractivity contribution is 0.215. The minimum atomic E-state index is -0.322. The van der Waals surface area contributed by atoms with Gasteiger partial charge in [0.2, 0.25) is 0 Å². The summed E-state index contributed by atoms with van der Waals surface area (Å²) in [6.45, 7) is 4.49. The Morgan fingerprint density at radius 2 is 1.79 bits per heavy atom. The van der Waals surface area contributed by atoms with Crippen LogP contribution in [0.2, 0.25) is 0 Å². The normalized spacial score (nSPS) is 11.9. The van der Waals surface area contributed by atoms with Gasteiger partial charge in [0.05, 0.1) is 12.1 Å². The molecule has 8 heteroatoms. The first kappa shape index (κ1) is 8.73. The molecule has 8 nitrogen and oxygen atoms in total. The van der Waals surface area contributed by atoms with Crippen LogP contribution in [0.4, 0.5) is 0 Å². The van der Waals surface area contributed by atoms with Gasteiger partial charge in [-0.1, -0.05) is 0 Å². The Labute approximate surface area is 79.9 Å². The van der Waals surface area contributed by atoms with Crippen LogP contribution in [0.3, 0.4) is 0 Å². The van der Waals surface area contributed by atoms with Crippen molar-refractivity contribution in [2.24, 2.45) is 0 Å². The van der Waals surface area contributed by atoms with E-state index < -0.39 is 0 Å². The fraction of sp³-hybridized carbons (Fsp3) is 0.667. The van der Waals surface area contributed by atoms with Gasteiger partial charge in [-0.15, -0.1) is 20.4 Å². The monoisotopic (exact) mass is 194 g/mol. The highest BCUT2D eigenvalue weighted by Crippen LogP contribution is 2.12. The highest BCUT2D eigenvalue weighted by atomic mass is 15.6. The predicted octanol–water partition coefficient (Wildman–Crippen LogP) is -0.905. The largest absolute Gasteiger partial charge is 0.162 e. The van der Waals surface area contributed by atoms with Crippen LogP contribution in [0.15, 0.2) is 12.7 Å². The van der Waals surface area contributed by atoms with E-state index in [1.165, 1.54) is 22.2 Å². The maximum atomic E-state index is 3.97. The van der Waals surface area contributed by atoms with Gasteiger partial charge in [-0.25, -0.2) is 0 Å². The van der Waals surface area contributed by atoms with E-state index in [0.717, 1.165) is 0 Å². The number of aromatic nitrogens is 8. The standard InChI is InChI=1S/C6H10N8/c1-6(2,14-10-5-8-12-14)3-13-9-4-7-11-13/h4-5H,3H2,1-2H3. The van der Waals surface area contributed by atoms with E-state index in [1.807, 2.05) is 13.8 Å². The molecule has 0 saturated carbocycles. The summed E-state index contributed by atoms with van der Waals surface area (Å²) in [5.74, 6) is 0. The third-order valence-corrected chi connectivity index (χ3v) is 1.81. The van der Waals surface area contributed by atoms with Crippen LogP contribution in [0, 0.1) is 0 Å². The van der Waals surface area contributed by atoms with E-state index in [9.17, 15) is 0 Å². The molecule has 14 heavy (non-hydrogen) atoms. The molecule has 0 saturated heterocycles. The molecule has 2 aromatic rings. The van der Waals surface area contributed by atoms with Crippen LogP contribution in [-0.4, -0.2) is 40.4 Å². The highest BCUT2D eigenvalue weighted by Gasteiger charge is 2.24. The van der Waals surface area contributed by atoms with Crippen LogP contribution in [0.25, 0.3) is 0 Å². The highest BCUT2D eigenvalue weighted by molar-refractivity contribution is 4.69. The molecule has 0 radical (unpaired) electrons. The SMILES string of the molecule is CC(C)(Cn1ncnn1)n1ncnn1. The molecule has 0 amide bonds. The van der Waals surface area contributed by atoms with Gasteiger partial charge in [0.1, 0.15) is 0 Å². The smallest absolute Gasteiger partial charge is 0.162 e. The Hall–Kier alpha value is -1.86. The summed E-state index contributed by atoms with van der Waals surface area (Å²) in [5, 5.41) is 22.8. The lowest BCUT2D eigenvalue weighted by Crippen LogP contribution is -2.34. The molecule has 0 spiro atoms. The number of hydrogen-bond acceptors (Lipinski definition) is 6. The van der Waals surface area contributed by atoms with Crippen molar-refractivity contribution in [3.8, 4) is 0 Å². The van der Waals surface area contributed by atoms with Crippen molar-refractivity contribution in [3.05, 3.63) is 12.7 Å². The van der Waals surface area contributed by atoms with Crippen molar-refractivity contribution in [3.63, 3.8) is 0 Å². The second kappa shape index (κ2) is 3.13. The molecule has 0 fully saturated rings. The number of nitrogens with zero attached hydrogens (tertiary/aromatic N) is 8. The predicted molar refractivity (Wildman–Crippen MR) is 45.0 cm³/mol. The molecule has 0 aliphatic rings. The first-order chi connectivity index (χ1) is 6.68.